The molecule has 0 unspecified atom stereocenters. The molecule has 0 aliphatic carbocycles. The average Bonchev–Trinajstić information content (AvgIpc) is 2.35. The Morgan fingerprint density at radius 2 is 0.870 bits per heavy atom. The Morgan fingerprint density at radius 1 is 0.609 bits per heavy atom. The number of thiocarbonyl (C=S) groups is 2. The van der Waals surface area contributed by atoms with Gasteiger partial charge in [0, 0.05) is 11.1 Å². The number of aryl methyl sites for hydroxylation is 6. The fraction of sp³-hybridized carbons (Fsp3) is 0.300. The molecule has 2 aromatic rings. The molecule has 0 fully saturated rings. The second kappa shape index (κ2) is 7.25. The van der Waals surface area contributed by atoms with Crippen LogP contribution in [0.2, 0.25) is 0 Å². The van der Waals surface area contributed by atoms with Gasteiger partial charge in [0.05, 0.1) is 8.39 Å². The van der Waals surface area contributed by atoms with Crippen LogP contribution < -0.4 is 0 Å². The molecule has 0 radical (unpaired) electrons. The first kappa shape index (κ1) is 18.3. The molecule has 0 aliphatic heterocycles. The normalized spacial score (nSPS) is 10.7. The topological polar surface area (TPSA) is 0 Å². The van der Waals surface area contributed by atoms with Gasteiger partial charge in [0.1, 0.15) is 0 Å². The Labute approximate surface area is 154 Å². The third-order valence-electron chi connectivity index (χ3n) is 3.95. The van der Waals surface area contributed by atoms with E-state index in [9.17, 15) is 0 Å². The zero-order valence-electron chi connectivity index (χ0n) is 14.5. The fourth-order valence-electron chi connectivity index (χ4n) is 3.19. The highest BCUT2D eigenvalue weighted by Crippen LogP contribution is 2.28. The number of hydrogen-bond donors (Lipinski definition) is 0. The Kier molecular flexibility index (Phi) is 5.77. The predicted molar refractivity (Wildman–Crippen MR) is 112 cm³/mol. The largest absolute Gasteiger partial charge is 0.0839 e. The summed E-state index contributed by atoms with van der Waals surface area (Å²) in [6.45, 7) is 12.7. The lowest BCUT2D eigenvalue weighted by Gasteiger charge is -2.15. The van der Waals surface area contributed by atoms with Crippen LogP contribution in [0, 0.1) is 41.5 Å². The Morgan fingerprint density at radius 3 is 1.13 bits per heavy atom. The van der Waals surface area contributed by atoms with E-state index in [4.69, 9.17) is 24.4 Å². The van der Waals surface area contributed by atoms with E-state index in [2.05, 4.69) is 65.8 Å². The van der Waals surface area contributed by atoms with Crippen molar-refractivity contribution in [3.8, 4) is 0 Å². The summed E-state index contributed by atoms with van der Waals surface area (Å²) >= 11 is 12.9. The van der Waals surface area contributed by atoms with Crippen LogP contribution in [0.4, 0.5) is 0 Å². The van der Waals surface area contributed by atoms with E-state index >= 15 is 0 Å². The molecule has 2 aromatic carbocycles. The van der Waals surface area contributed by atoms with E-state index in [1.807, 2.05) is 0 Å². The van der Waals surface area contributed by atoms with E-state index in [0.717, 1.165) is 19.5 Å². The van der Waals surface area contributed by atoms with Crippen LogP contribution >= 0.6 is 36.2 Å². The van der Waals surface area contributed by atoms with E-state index in [1.54, 1.807) is 0 Å². The van der Waals surface area contributed by atoms with Gasteiger partial charge in [-0.05, 0) is 63.8 Å². The highest BCUT2D eigenvalue weighted by molar-refractivity contribution is 8.39. The molecular formula is C20H22S3. The van der Waals surface area contributed by atoms with Gasteiger partial charge in [-0.2, -0.15) is 0 Å². The minimum absolute atomic E-state index is 0.865. The van der Waals surface area contributed by atoms with E-state index < -0.39 is 0 Å². The fourth-order valence-corrected chi connectivity index (χ4v) is 5.51. The first-order valence-electron chi connectivity index (χ1n) is 7.63. The van der Waals surface area contributed by atoms with Gasteiger partial charge in [-0.25, -0.2) is 0 Å². The molecule has 0 aliphatic rings. The van der Waals surface area contributed by atoms with Gasteiger partial charge in [-0.3, -0.25) is 0 Å². The minimum Gasteiger partial charge on any atom is -0.0714 e. The number of benzene rings is 2. The molecule has 0 aromatic heterocycles. The summed E-state index contributed by atoms with van der Waals surface area (Å²) in [6.07, 6.45) is 0. The lowest BCUT2D eigenvalue weighted by atomic mass is 10.0. The number of rotatable bonds is 2. The molecule has 0 saturated heterocycles. The predicted octanol–water partition coefficient (Wildman–Crippen LogP) is 6.32. The van der Waals surface area contributed by atoms with E-state index in [1.165, 1.54) is 45.1 Å². The monoisotopic (exact) mass is 358 g/mol. The van der Waals surface area contributed by atoms with Crippen LogP contribution in [-0.2, 0) is 0 Å². The molecule has 0 N–H and O–H groups in total. The summed E-state index contributed by atoms with van der Waals surface area (Å²) in [4.78, 5) is 0. The molecule has 2 rings (SSSR count). The van der Waals surface area contributed by atoms with Crippen molar-refractivity contribution in [2.45, 2.75) is 41.5 Å². The maximum atomic E-state index is 5.70. The first-order valence-corrected chi connectivity index (χ1v) is 9.26. The molecule has 23 heavy (non-hydrogen) atoms. The molecule has 0 heterocycles. The van der Waals surface area contributed by atoms with Gasteiger partial charge < -0.3 is 0 Å². The lowest BCUT2D eigenvalue weighted by molar-refractivity contribution is 1.31. The SMILES string of the molecule is Cc1cc(C)c(C(=S)SC(=S)c2c(C)cc(C)cc2C)c(C)c1. The smallest absolute Gasteiger partial charge is 0.0714 e. The summed E-state index contributed by atoms with van der Waals surface area (Å²) in [5.41, 5.74) is 9.73. The van der Waals surface area contributed by atoms with Crippen molar-refractivity contribution in [1.82, 2.24) is 0 Å². The van der Waals surface area contributed by atoms with Crippen molar-refractivity contribution in [3.63, 3.8) is 0 Å². The quantitative estimate of drug-likeness (QED) is 0.576. The van der Waals surface area contributed by atoms with Crippen LogP contribution in [-0.4, -0.2) is 8.39 Å². The van der Waals surface area contributed by atoms with Crippen molar-refractivity contribution in [2.75, 3.05) is 0 Å². The van der Waals surface area contributed by atoms with Gasteiger partial charge in [0.15, 0.2) is 0 Å². The highest BCUT2D eigenvalue weighted by atomic mass is 32.2. The highest BCUT2D eigenvalue weighted by Gasteiger charge is 2.16. The van der Waals surface area contributed by atoms with E-state index in [0.29, 0.717) is 0 Å². The summed E-state index contributed by atoms with van der Waals surface area (Å²) in [5, 5.41) is 0. The Balaban J connectivity index is 2.33. The molecule has 0 atom stereocenters. The molecule has 0 amide bonds. The van der Waals surface area contributed by atoms with Crippen LogP contribution in [0.1, 0.15) is 44.5 Å². The standard InChI is InChI=1S/C20H22S3/c1-11-7-13(3)17(14(4)8-11)19(21)23-20(22)18-15(5)9-12(2)10-16(18)6/h7-10H,1-6H3. The molecule has 0 bridgehead atoms. The third kappa shape index (κ3) is 4.09. The van der Waals surface area contributed by atoms with Crippen molar-refractivity contribution in [3.05, 3.63) is 68.8 Å². The summed E-state index contributed by atoms with van der Waals surface area (Å²) < 4.78 is 1.73. The summed E-state index contributed by atoms with van der Waals surface area (Å²) in [5.74, 6) is 0. The van der Waals surface area contributed by atoms with Gasteiger partial charge in [0.25, 0.3) is 0 Å². The molecule has 0 saturated carbocycles. The zero-order chi connectivity index (χ0) is 17.3. The molecule has 0 spiro atoms. The Hall–Kier alpha value is -1.03. The summed E-state index contributed by atoms with van der Waals surface area (Å²) in [7, 11) is 0. The first-order chi connectivity index (χ1) is 10.7. The van der Waals surface area contributed by atoms with Crippen molar-refractivity contribution < 1.29 is 0 Å². The Bertz CT molecular complexity index is 687. The van der Waals surface area contributed by atoms with Crippen LogP contribution in [0.3, 0.4) is 0 Å². The van der Waals surface area contributed by atoms with Gasteiger partial charge in [-0.15, -0.1) is 0 Å². The van der Waals surface area contributed by atoms with Gasteiger partial charge >= 0.3 is 0 Å². The van der Waals surface area contributed by atoms with Crippen molar-refractivity contribution >= 4 is 44.6 Å². The average molecular weight is 359 g/mol. The third-order valence-corrected chi connectivity index (χ3v) is 5.63. The van der Waals surface area contributed by atoms with Gasteiger partial charge in [-0.1, -0.05) is 71.6 Å². The van der Waals surface area contributed by atoms with Crippen LogP contribution in [0.15, 0.2) is 24.3 Å². The maximum absolute atomic E-state index is 5.70. The minimum atomic E-state index is 0.865. The molecule has 120 valence electrons. The van der Waals surface area contributed by atoms with Crippen LogP contribution in [0.5, 0.6) is 0 Å². The summed E-state index contributed by atoms with van der Waals surface area (Å²) in [6, 6.07) is 8.72. The second-order valence-electron chi connectivity index (χ2n) is 6.22. The number of hydrogen-bond acceptors (Lipinski definition) is 3. The van der Waals surface area contributed by atoms with Crippen LogP contribution in [0.25, 0.3) is 0 Å². The molecular weight excluding hydrogens is 336 g/mol. The second-order valence-corrected chi connectivity index (χ2v) is 8.58. The maximum Gasteiger partial charge on any atom is 0.0839 e. The van der Waals surface area contributed by atoms with Gasteiger partial charge in [0.2, 0.25) is 0 Å². The van der Waals surface area contributed by atoms with E-state index in [-0.39, 0.29) is 0 Å². The number of thioether (sulfide) groups is 1. The zero-order valence-corrected chi connectivity index (χ0v) is 17.0. The molecule has 0 nitrogen and oxygen atoms in total. The molecule has 3 heteroatoms. The lowest BCUT2D eigenvalue weighted by Crippen LogP contribution is -2.06. The van der Waals surface area contributed by atoms with Crippen molar-refractivity contribution in [2.24, 2.45) is 0 Å². The van der Waals surface area contributed by atoms with Crippen molar-refractivity contribution in [1.29, 1.82) is 0 Å².